The van der Waals surface area contributed by atoms with Crippen LogP contribution in [0.4, 0.5) is 0 Å². The first-order valence-electron chi connectivity index (χ1n) is 6.48. The molecular formula is C14H21ClN2. The van der Waals surface area contributed by atoms with Gasteiger partial charge in [-0.05, 0) is 63.0 Å². The maximum atomic E-state index is 6.25. The molecule has 0 unspecified atom stereocenters. The summed E-state index contributed by atoms with van der Waals surface area (Å²) in [6.45, 7) is 4.29. The molecule has 1 fully saturated rings. The molecule has 2 rings (SSSR count). The second kappa shape index (κ2) is 6.39. The summed E-state index contributed by atoms with van der Waals surface area (Å²) >= 11 is 6.25. The van der Waals surface area contributed by atoms with E-state index in [9.17, 15) is 0 Å². The highest BCUT2D eigenvalue weighted by molar-refractivity contribution is 6.31. The molecule has 2 N–H and O–H groups in total. The minimum atomic E-state index is 0.637. The highest BCUT2D eigenvalue weighted by atomic mass is 35.5. The van der Waals surface area contributed by atoms with Gasteiger partial charge >= 0.3 is 0 Å². The molecule has 0 spiro atoms. The first-order chi connectivity index (χ1) is 8.31. The smallest absolute Gasteiger partial charge is 0.0440 e. The van der Waals surface area contributed by atoms with Crippen LogP contribution in [0.5, 0.6) is 0 Å². The number of hydrogen-bond acceptors (Lipinski definition) is 2. The molecule has 0 saturated carbocycles. The van der Waals surface area contributed by atoms with Crippen molar-refractivity contribution < 1.29 is 0 Å². The molecule has 0 bridgehead atoms. The highest BCUT2D eigenvalue weighted by Gasteiger charge is 2.21. The largest absolute Gasteiger partial charge is 0.330 e. The maximum absolute atomic E-state index is 6.25. The Morgan fingerprint density at radius 2 is 1.94 bits per heavy atom. The minimum Gasteiger partial charge on any atom is -0.330 e. The van der Waals surface area contributed by atoms with Crippen molar-refractivity contribution in [3.05, 3.63) is 34.9 Å². The van der Waals surface area contributed by atoms with Gasteiger partial charge in [0.15, 0.2) is 0 Å². The monoisotopic (exact) mass is 252 g/mol. The van der Waals surface area contributed by atoms with E-state index in [4.69, 9.17) is 17.3 Å². The zero-order valence-corrected chi connectivity index (χ0v) is 11.0. The molecule has 3 heteroatoms. The van der Waals surface area contributed by atoms with E-state index >= 15 is 0 Å². The van der Waals surface area contributed by atoms with Gasteiger partial charge < -0.3 is 10.6 Å². The van der Waals surface area contributed by atoms with Gasteiger partial charge in [0.2, 0.25) is 0 Å². The van der Waals surface area contributed by atoms with Gasteiger partial charge in [-0.25, -0.2) is 0 Å². The predicted molar refractivity (Wildman–Crippen MR) is 73.5 cm³/mol. The quantitative estimate of drug-likeness (QED) is 0.893. The van der Waals surface area contributed by atoms with Gasteiger partial charge in [-0.15, -0.1) is 0 Å². The number of piperidine rings is 1. The van der Waals surface area contributed by atoms with E-state index in [0.717, 1.165) is 24.5 Å². The summed E-state index contributed by atoms with van der Waals surface area (Å²) in [5, 5.41) is 0.924. The lowest BCUT2D eigenvalue weighted by Crippen LogP contribution is -2.34. The first-order valence-corrected chi connectivity index (χ1v) is 6.86. The molecule has 0 amide bonds. The Morgan fingerprint density at radius 1 is 1.24 bits per heavy atom. The average Bonchev–Trinajstić information content (AvgIpc) is 2.38. The third kappa shape index (κ3) is 3.44. The molecular weight excluding hydrogens is 232 g/mol. The van der Waals surface area contributed by atoms with Crippen LogP contribution in [-0.2, 0) is 0 Å². The molecule has 0 aliphatic carbocycles. The fraction of sp³-hybridized carbons (Fsp3) is 0.571. The number of rotatable bonds is 4. The van der Waals surface area contributed by atoms with Gasteiger partial charge in [-0.2, -0.15) is 0 Å². The Bertz CT molecular complexity index is 346. The van der Waals surface area contributed by atoms with Crippen LogP contribution in [0, 0.1) is 0 Å². The zero-order chi connectivity index (χ0) is 12.1. The van der Waals surface area contributed by atoms with E-state index in [-0.39, 0.29) is 0 Å². The van der Waals surface area contributed by atoms with Crippen LogP contribution < -0.4 is 5.73 Å². The minimum absolute atomic E-state index is 0.637. The maximum Gasteiger partial charge on any atom is 0.0440 e. The Kier molecular flexibility index (Phi) is 4.84. The summed E-state index contributed by atoms with van der Waals surface area (Å²) in [5.74, 6) is 0.637. The lowest BCUT2D eigenvalue weighted by molar-refractivity contribution is 0.211. The molecule has 1 aliphatic heterocycles. The molecule has 1 heterocycles. The van der Waals surface area contributed by atoms with E-state index in [1.54, 1.807) is 0 Å². The number of nitrogens with two attached hydrogens (primary N) is 1. The van der Waals surface area contributed by atoms with Gasteiger partial charge in [0.25, 0.3) is 0 Å². The summed E-state index contributed by atoms with van der Waals surface area (Å²) in [6, 6.07) is 8.25. The van der Waals surface area contributed by atoms with E-state index in [1.165, 1.54) is 31.5 Å². The van der Waals surface area contributed by atoms with Crippen molar-refractivity contribution in [1.82, 2.24) is 4.90 Å². The Labute approximate surface area is 109 Å². The lowest BCUT2D eigenvalue weighted by Gasteiger charge is -2.32. The Morgan fingerprint density at radius 3 is 2.59 bits per heavy atom. The van der Waals surface area contributed by atoms with Crippen LogP contribution in [0.1, 0.15) is 30.7 Å². The molecule has 17 heavy (non-hydrogen) atoms. The van der Waals surface area contributed by atoms with Crippen LogP contribution in [0.15, 0.2) is 24.3 Å². The molecule has 0 atom stereocenters. The Hall–Kier alpha value is -0.570. The number of benzene rings is 1. The van der Waals surface area contributed by atoms with Crippen LogP contribution in [0.2, 0.25) is 5.02 Å². The number of nitrogens with zero attached hydrogens (tertiary/aromatic N) is 1. The molecule has 1 saturated heterocycles. The zero-order valence-electron chi connectivity index (χ0n) is 10.2. The number of likely N-dealkylation sites (tertiary alicyclic amines) is 1. The third-order valence-corrected chi connectivity index (χ3v) is 3.96. The van der Waals surface area contributed by atoms with Crippen molar-refractivity contribution in [3.8, 4) is 0 Å². The molecule has 0 radical (unpaired) electrons. The molecule has 1 aliphatic rings. The van der Waals surface area contributed by atoms with E-state index in [1.807, 2.05) is 12.1 Å². The second-order valence-electron chi connectivity index (χ2n) is 4.78. The van der Waals surface area contributed by atoms with Gasteiger partial charge in [-0.1, -0.05) is 29.8 Å². The van der Waals surface area contributed by atoms with Gasteiger partial charge in [-0.3, -0.25) is 0 Å². The fourth-order valence-electron chi connectivity index (χ4n) is 2.59. The summed E-state index contributed by atoms with van der Waals surface area (Å²) in [7, 11) is 0. The Balaban J connectivity index is 1.89. The third-order valence-electron chi connectivity index (χ3n) is 3.61. The van der Waals surface area contributed by atoms with Gasteiger partial charge in [0.1, 0.15) is 0 Å². The fourth-order valence-corrected chi connectivity index (χ4v) is 2.88. The van der Waals surface area contributed by atoms with Gasteiger partial charge in [0, 0.05) is 5.02 Å². The predicted octanol–water partition coefficient (Wildman–Crippen LogP) is 2.87. The summed E-state index contributed by atoms with van der Waals surface area (Å²) in [6.07, 6.45) is 3.54. The van der Waals surface area contributed by atoms with E-state index in [0.29, 0.717) is 5.92 Å². The topological polar surface area (TPSA) is 29.3 Å². The lowest BCUT2D eigenvalue weighted by atomic mass is 9.89. The van der Waals surface area contributed by atoms with Crippen molar-refractivity contribution in [2.75, 3.05) is 26.2 Å². The first kappa shape index (κ1) is 12.9. The average molecular weight is 253 g/mol. The van der Waals surface area contributed by atoms with Crippen molar-refractivity contribution >= 4 is 11.6 Å². The van der Waals surface area contributed by atoms with Crippen molar-refractivity contribution in [2.45, 2.75) is 25.2 Å². The SMILES string of the molecule is NCCCN1CCC(c2ccccc2Cl)CC1. The van der Waals surface area contributed by atoms with Crippen LogP contribution >= 0.6 is 11.6 Å². The second-order valence-corrected chi connectivity index (χ2v) is 5.19. The van der Waals surface area contributed by atoms with Crippen LogP contribution in [0.3, 0.4) is 0 Å². The standard InChI is InChI=1S/C14H21ClN2/c15-14-5-2-1-4-13(14)12-6-10-17(11-7-12)9-3-8-16/h1-2,4-5,12H,3,6-11,16H2. The summed E-state index contributed by atoms with van der Waals surface area (Å²) in [5.41, 5.74) is 6.87. The number of hydrogen-bond donors (Lipinski definition) is 1. The normalized spacial score (nSPS) is 18.5. The molecule has 1 aromatic rings. The van der Waals surface area contributed by atoms with E-state index in [2.05, 4.69) is 17.0 Å². The van der Waals surface area contributed by atoms with Gasteiger partial charge in [0.05, 0.1) is 0 Å². The molecule has 2 nitrogen and oxygen atoms in total. The summed E-state index contributed by atoms with van der Waals surface area (Å²) in [4.78, 5) is 2.51. The van der Waals surface area contributed by atoms with Crippen LogP contribution in [0.25, 0.3) is 0 Å². The molecule has 0 aromatic heterocycles. The van der Waals surface area contributed by atoms with E-state index < -0.39 is 0 Å². The van der Waals surface area contributed by atoms with Crippen molar-refractivity contribution in [3.63, 3.8) is 0 Å². The van der Waals surface area contributed by atoms with Crippen LogP contribution in [-0.4, -0.2) is 31.1 Å². The summed E-state index contributed by atoms with van der Waals surface area (Å²) < 4.78 is 0. The van der Waals surface area contributed by atoms with Crippen molar-refractivity contribution in [1.29, 1.82) is 0 Å². The van der Waals surface area contributed by atoms with Crippen molar-refractivity contribution in [2.24, 2.45) is 5.73 Å². The molecule has 1 aromatic carbocycles. The highest BCUT2D eigenvalue weighted by Crippen LogP contribution is 2.32. The molecule has 94 valence electrons. The number of halogens is 1.